The predicted octanol–water partition coefficient (Wildman–Crippen LogP) is 4.23. The lowest BCUT2D eigenvalue weighted by Crippen LogP contribution is -2.32. The van der Waals surface area contributed by atoms with Crippen LogP contribution in [0, 0.1) is 13.8 Å². The van der Waals surface area contributed by atoms with Crippen molar-refractivity contribution in [1.82, 2.24) is 10.5 Å². The second-order valence-corrected chi connectivity index (χ2v) is 6.64. The van der Waals surface area contributed by atoms with Gasteiger partial charge in [-0.2, -0.15) is 0 Å². The first-order valence-electron chi connectivity index (χ1n) is 8.88. The van der Waals surface area contributed by atoms with Crippen molar-refractivity contribution in [3.05, 3.63) is 76.6 Å². The Balaban J connectivity index is 1.54. The molecule has 3 rings (SSSR count). The number of hydrogen-bond donors (Lipinski definition) is 1. The van der Waals surface area contributed by atoms with Crippen molar-refractivity contribution in [2.75, 3.05) is 0 Å². The third kappa shape index (κ3) is 4.42. The number of hydrogen-bond acceptors (Lipinski definition) is 4. The Labute approximate surface area is 153 Å². The predicted molar refractivity (Wildman–Crippen MR) is 99.2 cm³/mol. The van der Waals surface area contributed by atoms with Crippen LogP contribution in [-0.2, 0) is 12.8 Å². The van der Waals surface area contributed by atoms with Gasteiger partial charge in [-0.05, 0) is 51.3 Å². The molecule has 2 aromatic heterocycles. The highest BCUT2D eigenvalue weighted by molar-refractivity contribution is 5.91. The maximum Gasteiger partial charge on any atom is 0.287 e. The number of rotatable bonds is 7. The summed E-state index contributed by atoms with van der Waals surface area (Å²) in [6.07, 6.45) is 2.37. The summed E-state index contributed by atoms with van der Waals surface area (Å²) in [7, 11) is 0. The van der Waals surface area contributed by atoms with E-state index in [-0.39, 0.29) is 11.9 Å². The van der Waals surface area contributed by atoms with E-state index in [0.717, 1.165) is 35.6 Å². The van der Waals surface area contributed by atoms with E-state index in [1.54, 1.807) is 6.07 Å². The van der Waals surface area contributed by atoms with Crippen molar-refractivity contribution in [3.8, 4) is 0 Å². The van der Waals surface area contributed by atoms with Crippen LogP contribution in [0.25, 0.3) is 0 Å². The minimum atomic E-state index is -0.185. The fourth-order valence-electron chi connectivity index (χ4n) is 2.92. The van der Waals surface area contributed by atoms with Crippen molar-refractivity contribution in [2.24, 2.45) is 0 Å². The van der Waals surface area contributed by atoms with E-state index in [9.17, 15) is 4.79 Å². The van der Waals surface area contributed by atoms with Crippen LogP contribution in [0.2, 0.25) is 0 Å². The van der Waals surface area contributed by atoms with E-state index in [2.05, 4.69) is 22.6 Å². The maximum absolute atomic E-state index is 12.4. The monoisotopic (exact) mass is 352 g/mol. The molecular weight excluding hydrogens is 328 g/mol. The molecule has 5 heteroatoms. The zero-order valence-electron chi connectivity index (χ0n) is 15.4. The fraction of sp³-hybridized carbons (Fsp3) is 0.333. The highest BCUT2D eigenvalue weighted by Gasteiger charge is 2.16. The van der Waals surface area contributed by atoms with Crippen LogP contribution in [0.15, 0.2) is 51.4 Å². The molecule has 0 radical (unpaired) electrons. The number of nitrogens with one attached hydrogen (secondary N) is 1. The van der Waals surface area contributed by atoms with Crippen LogP contribution in [0.5, 0.6) is 0 Å². The van der Waals surface area contributed by atoms with Gasteiger partial charge in [0.05, 0.1) is 5.69 Å². The van der Waals surface area contributed by atoms with E-state index in [1.807, 2.05) is 45.0 Å². The van der Waals surface area contributed by atoms with Crippen molar-refractivity contribution in [2.45, 2.75) is 46.1 Å². The number of aromatic nitrogens is 1. The lowest BCUT2D eigenvalue weighted by atomic mass is 10.1. The van der Waals surface area contributed by atoms with Crippen molar-refractivity contribution in [1.29, 1.82) is 0 Å². The van der Waals surface area contributed by atoms with Crippen molar-refractivity contribution < 1.29 is 13.7 Å². The molecule has 136 valence electrons. The number of amides is 1. The van der Waals surface area contributed by atoms with Gasteiger partial charge < -0.3 is 14.3 Å². The number of carbonyl (C=O) groups excluding carboxylic acids is 1. The van der Waals surface area contributed by atoms with Crippen LogP contribution in [0.3, 0.4) is 0 Å². The third-order valence-electron chi connectivity index (χ3n) is 4.50. The molecule has 1 N–H and O–H groups in total. The molecule has 0 bridgehead atoms. The summed E-state index contributed by atoms with van der Waals surface area (Å²) < 4.78 is 10.9. The van der Waals surface area contributed by atoms with Gasteiger partial charge >= 0.3 is 0 Å². The molecule has 0 spiro atoms. The first-order chi connectivity index (χ1) is 12.5. The summed E-state index contributed by atoms with van der Waals surface area (Å²) in [5.74, 6) is 1.65. The highest BCUT2D eigenvalue weighted by Crippen LogP contribution is 2.19. The van der Waals surface area contributed by atoms with E-state index in [4.69, 9.17) is 8.94 Å². The molecule has 1 amide bonds. The zero-order chi connectivity index (χ0) is 18.5. The first-order valence-corrected chi connectivity index (χ1v) is 8.88. The topological polar surface area (TPSA) is 68.3 Å². The average Bonchev–Trinajstić information content (AvgIpc) is 3.23. The van der Waals surface area contributed by atoms with E-state index in [0.29, 0.717) is 12.2 Å². The minimum Gasteiger partial charge on any atom is -0.456 e. The standard InChI is InChI=1S/C21H24N2O3/c1-14(9-10-17-7-5-4-6-8-17)22-21(24)20-12-11-18(25-20)13-19-15(2)23-26-16(19)3/h4-8,11-12,14H,9-10,13H2,1-3H3,(H,22,24)/t14-/m1/s1. The third-order valence-corrected chi connectivity index (χ3v) is 4.50. The summed E-state index contributed by atoms with van der Waals surface area (Å²) in [5.41, 5.74) is 3.12. The normalized spacial score (nSPS) is 12.1. The van der Waals surface area contributed by atoms with Gasteiger partial charge in [0.1, 0.15) is 11.5 Å². The summed E-state index contributed by atoms with van der Waals surface area (Å²) in [4.78, 5) is 12.4. The van der Waals surface area contributed by atoms with Crippen molar-refractivity contribution >= 4 is 5.91 Å². The lowest BCUT2D eigenvalue weighted by Gasteiger charge is -2.12. The Bertz CT molecular complexity index is 845. The van der Waals surface area contributed by atoms with Gasteiger partial charge in [0.25, 0.3) is 5.91 Å². The van der Waals surface area contributed by atoms with Crippen molar-refractivity contribution in [3.63, 3.8) is 0 Å². The summed E-state index contributed by atoms with van der Waals surface area (Å²) in [6, 6.07) is 13.9. The minimum absolute atomic E-state index is 0.0684. The number of furan rings is 1. The fourth-order valence-corrected chi connectivity index (χ4v) is 2.92. The Kier molecular flexibility index (Phi) is 5.56. The average molecular weight is 352 g/mol. The van der Waals surface area contributed by atoms with Gasteiger partial charge in [0, 0.05) is 18.0 Å². The number of aryl methyl sites for hydroxylation is 3. The van der Waals surface area contributed by atoms with Crippen LogP contribution in [0.1, 0.15) is 52.2 Å². The SMILES string of the molecule is Cc1noc(C)c1Cc1ccc(C(=O)N[C@H](C)CCc2ccccc2)o1. The smallest absolute Gasteiger partial charge is 0.287 e. The van der Waals surface area contributed by atoms with Crippen LogP contribution in [-0.4, -0.2) is 17.1 Å². The zero-order valence-corrected chi connectivity index (χ0v) is 15.4. The van der Waals surface area contributed by atoms with Gasteiger partial charge in [-0.1, -0.05) is 35.5 Å². The van der Waals surface area contributed by atoms with Crippen LogP contribution < -0.4 is 5.32 Å². The Morgan fingerprint density at radius 3 is 2.62 bits per heavy atom. The Morgan fingerprint density at radius 2 is 1.92 bits per heavy atom. The molecule has 0 unspecified atom stereocenters. The van der Waals surface area contributed by atoms with E-state index >= 15 is 0 Å². The van der Waals surface area contributed by atoms with Gasteiger partial charge in [-0.25, -0.2) is 0 Å². The van der Waals surface area contributed by atoms with Gasteiger partial charge in [-0.3, -0.25) is 4.79 Å². The molecule has 0 fully saturated rings. The van der Waals surface area contributed by atoms with Crippen LogP contribution in [0.4, 0.5) is 0 Å². The molecule has 0 aliphatic heterocycles. The highest BCUT2D eigenvalue weighted by atomic mass is 16.5. The molecule has 0 aliphatic carbocycles. The molecule has 0 aliphatic rings. The maximum atomic E-state index is 12.4. The van der Waals surface area contributed by atoms with Gasteiger partial charge in [0.2, 0.25) is 0 Å². The molecule has 3 aromatic rings. The van der Waals surface area contributed by atoms with Gasteiger partial charge in [-0.15, -0.1) is 0 Å². The summed E-state index contributed by atoms with van der Waals surface area (Å²) in [6.45, 7) is 5.78. The number of benzene rings is 1. The molecule has 0 saturated carbocycles. The molecule has 0 saturated heterocycles. The number of carbonyl (C=O) groups is 1. The van der Waals surface area contributed by atoms with Crippen LogP contribution >= 0.6 is 0 Å². The molecule has 1 atom stereocenters. The molecule has 2 heterocycles. The molecule has 1 aromatic carbocycles. The van der Waals surface area contributed by atoms with E-state index in [1.165, 1.54) is 5.56 Å². The first kappa shape index (κ1) is 18.0. The Hall–Kier alpha value is -2.82. The summed E-state index contributed by atoms with van der Waals surface area (Å²) in [5, 5.41) is 6.94. The molecule has 5 nitrogen and oxygen atoms in total. The quantitative estimate of drug-likeness (QED) is 0.691. The lowest BCUT2D eigenvalue weighted by molar-refractivity contribution is 0.0909. The summed E-state index contributed by atoms with van der Waals surface area (Å²) >= 11 is 0. The number of nitrogens with zero attached hydrogens (tertiary/aromatic N) is 1. The second kappa shape index (κ2) is 8.04. The Morgan fingerprint density at radius 1 is 1.15 bits per heavy atom. The second-order valence-electron chi connectivity index (χ2n) is 6.64. The van der Waals surface area contributed by atoms with Gasteiger partial charge in [0.15, 0.2) is 5.76 Å². The molecular formula is C21H24N2O3. The van der Waals surface area contributed by atoms with E-state index < -0.39 is 0 Å². The molecule has 26 heavy (non-hydrogen) atoms. The largest absolute Gasteiger partial charge is 0.456 e.